The molecule has 1 heterocycles. The van der Waals surface area contributed by atoms with Gasteiger partial charge in [0.15, 0.2) is 0 Å². The second-order valence-corrected chi connectivity index (χ2v) is 4.78. The first kappa shape index (κ1) is 12.2. The van der Waals surface area contributed by atoms with Gasteiger partial charge in [0.25, 0.3) is 0 Å². The van der Waals surface area contributed by atoms with Crippen LogP contribution < -0.4 is 5.32 Å². The highest BCUT2D eigenvalue weighted by atomic mass is 15.2. The average Bonchev–Trinajstić information content (AvgIpc) is 2.60. The smallest absolute Gasteiger partial charge is 0.0524 e. The molecule has 0 aliphatic rings. The van der Waals surface area contributed by atoms with E-state index in [2.05, 4.69) is 44.3 Å². The third-order valence-electron chi connectivity index (χ3n) is 2.95. The minimum atomic E-state index is 0.560. The Kier molecular flexibility index (Phi) is 4.33. The van der Waals surface area contributed by atoms with E-state index in [-0.39, 0.29) is 0 Å². The minimum absolute atomic E-state index is 0.560. The molecule has 86 valence electrons. The van der Waals surface area contributed by atoms with E-state index in [9.17, 15) is 0 Å². The Bertz CT molecular complexity index is 291. The van der Waals surface area contributed by atoms with Crippen molar-refractivity contribution in [1.82, 2.24) is 15.1 Å². The van der Waals surface area contributed by atoms with Crippen molar-refractivity contribution in [1.29, 1.82) is 0 Å². The van der Waals surface area contributed by atoms with Crippen LogP contribution in [0.25, 0.3) is 0 Å². The van der Waals surface area contributed by atoms with Gasteiger partial charge in [-0.3, -0.25) is 4.68 Å². The molecule has 1 rings (SSSR count). The van der Waals surface area contributed by atoms with Gasteiger partial charge in [0.1, 0.15) is 0 Å². The Morgan fingerprint density at radius 1 is 1.33 bits per heavy atom. The summed E-state index contributed by atoms with van der Waals surface area (Å²) in [6.07, 6.45) is 4.08. The van der Waals surface area contributed by atoms with Crippen LogP contribution in [0, 0.1) is 5.92 Å². The second kappa shape index (κ2) is 5.31. The van der Waals surface area contributed by atoms with Crippen LogP contribution in [0.4, 0.5) is 0 Å². The van der Waals surface area contributed by atoms with Crippen LogP contribution >= 0.6 is 0 Å². The van der Waals surface area contributed by atoms with Crippen LogP contribution in [0.1, 0.15) is 39.2 Å². The fourth-order valence-electron chi connectivity index (χ4n) is 1.60. The molecule has 3 heteroatoms. The third-order valence-corrected chi connectivity index (χ3v) is 2.95. The lowest BCUT2D eigenvalue weighted by Crippen LogP contribution is -2.29. The van der Waals surface area contributed by atoms with Gasteiger partial charge in [0.05, 0.1) is 6.20 Å². The molecule has 2 atom stereocenters. The molecule has 0 saturated carbocycles. The van der Waals surface area contributed by atoms with E-state index in [0.29, 0.717) is 17.9 Å². The largest absolute Gasteiger partial charge is 0.314 e. The van der Waals surface area contributed by atoms with E-state index in [0.717, 1.165) is 6.54 Å². The summed E-state index contributed by atoms with van der Waals surface area (Å²) in [5.74, 6) is 1.20. The van der Waals surface area contributed by atoms with Crippen molar-refractivity contribution in [3.8, 4) is 0 Å². The summed E-state index contributed by atoms with van der Waals surface area (Å²) in [7, 11) is 1.97. The predicted molar refractivity (Wildman–Crippen MR) is 63.9 cm³/mol. The number of nitrogens with one attached hydrogen (secondary N) is 1. The number of hydrogen-bond acceptors (Lipinski definition) is 2. The van der Waals surface area contributed by atoms with Crippen molar-refractivity contribution in [3.63, 3.8) is 0 Å². The van der Waals surface area contributed by atoms with Gasteiger partial charge < -0.3 is 5.32 Å². The second-order valence-electron chi connectivity index (χ2n) is 4.78. The molecule has 0 saturated heterocycles. The zero-order valence-corrected chi connectivity index (χ0v) is 10.5. The lowest BCUT2D eigenvalue weighted by molar-refractivity contribution is 0.426. The minimum Gasteiger partial charge on any atom is -0.314 e. The molecule has 1 aromatic heterocycles. The summed E-state index contributed by atoms with van der Waals surface area (Å²) in [5, 5.41) is 7.69. The SMILES string of the molecule is CC(C)NCC(C)C(C)c1cnn(C)c1. The van der Waals surface area contributed by atoms with Crippen molar-refractivity contribution < 1.29 is 0 Å². The predicted octanol–water partition coefficient (Wildman–Crippen LogP) is 2.16. The molecule has 0 radical (unpaired) electrons. The first-order chi connectivity index (χ1) is 7.00. The Hall–Kier alpha value is -0.830. The lowest BCUT2D eigenvalue weighted by atomic mass is 9.91. The molecule has 0 spiro atoms. The van der Waals surface area contributed by atoms with Gasteiger partial charge in [0, 0.05) is 19.3 Å². The molecule has 0 bridgehead atoms. The van der Waals surface area contributed by atoms with Crippen molar-refractivity contribution in [2.75, 3.05) is 6.54 Å². The van der Waals surface area contributed by atoms with Crippen LogP contribution in [0.15, 0.2) is 12.4 Å². The maximum atomic E-state index is 4.21. The van der Waals surface area contributed by atoms with Gasteiger partial charge in [0.2, 0.25) is 0 Å². The van der Waals surface area contributed by atoms with Crippen LogP contribution in [0.2, 0.25) is 0 Å². The number of aromatic nitrogens is 2. The monoisotopic (exact) mass is 209 g/mol. The number of nitrogens with zero attached hydrogens (tertiary/aromatic N) is 2. The quantitative estimate of drug-likeness (QED) is 0.805. The fourth-order valence-corrected chi connectivity index (χ4v) is 1.60. The van der Waals surface area contributed by atoms with E-state index >= 15 is 0 Å². The van der Waals surface area contributed by atoms with E-state index in [1.165, 1.54) is 5.56 Å². The molecule has 1 aromatic rings. The highest BCUT2D eigenvalue weighted by Gasteiger charge is 2.15. The van der Waals surface area contributed by atoms with Gasteiger partial charge in [-0.15, -0.1) is 0 Å². The summed E-state index contributed by atoms with van der Waals surface area (Å²) in [6.45, 7) is 9.98. The molecule has 0 amide bonds. The number of aryl methyl sites for hydroxylation is 1. The first-order valence-corrected chi connectivity index (χ1v) is 5.72. The molecule has 0 fully saturated rings. The molecule has 0 aliphatic carbocycles. The Balaban J connectivity index is 2.49. The normalized spacial score (nSPS) is 15.6. The van der Waals surface area contributed by atoms with E-state index in [4.69, 9.17) is 0 Å². The molecule has 15 heavy (non-hydrogen) atoms. The fraction of sp³-hybridized carbons (Fsp3) is 0.750. The summed E-state index contributed by atoms with van der Waals surface area (Å²) in [5.41, 5.74) is 1.33. The maximum Gasteiger partial charge on any atom is 0.0524 e. The number of rotatable bonds is 5. The average molecular weight is 209 g/mol. The topological polar surface area (TPSA) is 29.9 Å². The Labute approximate surface area is 92.9 Å². The van der Waals surface area contributed by atoms with Gasteiger partial charge in [-0.25, -0.2) is 0 Å². The third kappa shape index (κ3) is 3.67. The highest BCUT2D eigenvalue weighted by molar-refractivity contribution is 5.11. The van der Waals surface area contributed by atoms with Gasteiger partial charge in [-0.2, -0.15) is 5.10 Å². The summed E-state index contributed by atoms with van der Waals surface area (Å²) in [6, 6.07) is 0.563. The van der Waals surface area contributed by atoms with Crippen molar-refractivity contribution in [2.45, 2.75) is 39.7 Å². The van der Waals surface area contributed by atoms with Gasteiger partial charge in [-0.1, -0.05) is 27.7 Å². The maximum absolute atomic E-state index is 4.21. The molecular formula is C12H23N3. The molecule has 3 nitrogen and oxygen atoms in total. The number of hydrogen-bond donors (Lipinski definition) is 1. The standard InChI is InChI=1S/C12H23N3/c1-9(2)13-6-10(3)11(4)12-7-14-15(5)8-12/h7-11,13H,6H2,1-5H3. The first-order valence-electron chi connectivity index (χ1n) is 5.72. The van der Waals surface area contributed by atoms with Gasteiger partial charge >= 0.3 is 0 Å². The van der Waals surface area contributed by atoms with Crippen LogP contribution in [-0.2, 0) is 7.05 Å². The molecule has 0 aliphatic heterocycles. The van der Waals surface area contributed by atoms with Crippen molar-refractivity contribution >= 4 is 0 Å². The van der Waals surface area contributed by atoms with Crippen molar-refractivity contribution in [2.24, 2.45) is 13.0 Å². The van der Waals surface area contributed by atoms with Crippen molar-refractivity contribution in [3.05, 3.63) is 18.0 Å². The van der Waals surface area contributed by atoms with E-state index in [1.54, 1.807) is 0 Å². The summed E-state index contributed by atoms with van der Waals surface area (Å²) in [4.78, 5) is 0. The molecule has 1 N–H and O–H groups in total. The van der Waals surface area contributed by atoms with E-state index < -0.39 is 0 Å². The highest BCUT2D eigenvalue weighted by Crippen LogP contribution is 2.22. The summed E-state index contributed by atoms with van der Waals surface area (Å²) >= 11 is 0. The lowest BCUT2D eigenvalue weighted by Gasteiger charge is -2.20. The van der Waals surface area contributed by atoms with Crippen LogP contribution in [0.3, 0.4) is 0 Å². The zero-order chi connectivity index (χ0) is 11.4. The zero-order valence-electron chi connectivity index (χ0n) is 10.5. The molecule has 0 aromatic carbocycles. The van der Waals surface area contributed by atoms with Crippen LogP contribution in [-0.4, -0.2) is 22.4 Å². The molecule has 2 unspecified atom stereocenters. The van der Waals surface area contributed by atoms with E-state index in [1.807, 2.05) is 17.9 Å². The summed E-state index contributed by atoms with van der Waals surface area (Å²) < 4.78 is 1.87. The Morgan fingerprint density at radius 3 is 2.47 bits per heavy atom. The molecular weight excluding hydrogens is 186 g/mol. The van der Waals surface area contributed by atoms with Gasteiger partial charge in [-0.05, 0) is 23.9 Å². The Morgan fingerprint density at radius 2 is 2.00 bits per heavy atom. The van der Waals surface area contributed by atoms with Crippen LogP contribution in [0.5, 0.6) is 0 Å².